The molecule has 4 heterocycles. The van der Waals surface area contributed by atoms with Gasteiger partial charge in [0.1, 0.15) is 11.3 Å². The van der Waals surface area contributed by atoms with E-state index in [1.165, 1.54) is 12.8 Å². The number of furan rings is 1. The van der Waals surface area contributed by atoms with Crippen molar-refractivity contribution in [2.45, 2.75) is 12.8 Å². The van der Waals surface area contributed by atoms with Crippen molar-refractivity contribution in [1.82, 2.24) is 19.5 Å². The number of hydrogen-bond acceptors (Lipinski definition) is 7. The Hall–Kier alpha value is -2.61. The molecule has 0 radical (unpaired) electrons. The molecular weight excluding hydrogens is 296 g/mol. The second kappa shape index (κ2) is 6.66. The van der Waals surface area contributed by atoms with Crippen molar-refractivity contribution in [3.63, 3.8) is 0 Å². The SMILES string of the molecule is CO.Cn1cnc(Nc2nc(N3CCCC3)nc3ccoc23)c1. The molecule has 0 spiro atoms. The fourth-order valence-corrected chi connectivity index (χ4v) is 2.59. The zero-order valence-electron chi connectivity index (χ0n) is 13.2. The van der Waals surface area contributed by atoms with Gasteiger partial charge in [0.15, 0.2) is 11.4 Å². The molecule has 3 aromatic heterocycles. The third-order valence-electron chi connectivity index (χ3n) is 3.63. The van der Waals surface area contributed by atoms with Crippen LogP contribution >= 0.6 is 0 Å². The highest BCUT2D eigenvalue weighted by Crippen LogP contribution is 2.27. The Kier molecular flexibility index (Phi) is 4.42. The lowest BCUT2D eigenvalue weighted by Gasteiger charge is -2.15. The maximum Gasteiger partial charge on any atom is 0.228 e. The molecule has 0 aliphatic carbocycles. The van der Waals surface area contributed by atoms with Gasteiger partial charge >= 0.3 is 0 Å². The summed E-state index contributed by atoms with van der Waals surface area (Å²) < 4.78 is 7.38. The monoisotopic (exact) mass is 316 g/mol. The van der Waals surface area contributed by atoms with Crippen molar-refractivity contribution in [2.75, 3.05) is 30.4 Å². The maximum atomic E-state index is 7.00. The van der Waals surface area contributed by atoms with Gasteiger partial charge in [0.05, 0.1) is 12.6 Å². The van der Waals surface area contributed by atoms with Gasteiger partial charge in [0.25, 0.3) is 0 Å². The molecule has 8 heteroatoms. The second-order valence-corrected chi connectivity index (χ2v) is 5.25. The van der Waals surface area contributed by atoms with Gasteiger partial charge in [0.2, 0.25) is 5.95 Å². The van der Waals surface area contributed by atoms with E-state index in [4.69, 9.17) is 9.52 Å². The molecule has 122 valence electrons. The molecule has 8 nitrogen and oxygen atoms in total. The zero-order chi connectivity index (χ0) is 16.2. The minimum Gasteiger partial charge on any atom is -0.459 e. The van der Waals surface area contributed by atoms with Gasteiger partial charge in [-0.15, -0.1) is 0 Å². The first kappa shape index (κ1) is 15.3. The average molecular weight is 316 g/mol. The Morgan fingerprint density at radius 3 is 2.70 bits per heavy atom. The summed E-state index contributed by atoms with van der Waals surface area (Å²) in [4.78, 5) is 15.7. The molecule has 2 N–H and O–H groups in total. The maximum absolute atomic E-state index is 7.00. The van der Waals surface area contributed by atoms with E-state index in [1.54, 1.807) is 12.6 Å². The third-order valence-corrected chi connectivity index (χ3v) is 3.63. The van der Waals surface area contributed by atoms with Crippen LogP contribution in [0.4, 0.5) is 17.6 Å². The number of aliphatic hydroxyl groups excluding tert-OH is 1. The lowest BCUT2D eigenvalue weighted by atomic mass is 10.4. The molecule has 1 saturated heterocycles. The molecule has 1 aliphatic heterocycles. The highest BCUT2D eigenvalue weighted by molar-refractivity contribution is 5.86. The van der Waals surface area contributed by atoms with Gasteiger partial charge in [-0.1, -0.05) is 0 Å². The lowest BCUT2D eigenvalue weighted by Crippen LogP contribution is -2.20. The van der Waals surface area contributed by atoms with Gasteiger partial charge in [-0.25, -0.2) is 9.97 Å². The molecule has 0 atom stereocenters. The number of nitrogens with zero attached hydrogens (tertiary/aromatic N) is 5. The Morgan fingerprint density at radius 2 is 2.00 bits per heavy atom. The number of anilines is 3. The number of aromatic nitrogens is 4. The summed E-state index contributed by atoms with van der Waals surface area (Å²) >= 11 is 0. The number of nitrogens with one attached hydrogen (secondary N) is 1. The Labute approximate surface area is 133 Å². The molecule has 0 bridgehead atoms. The highest BCUT2D eigenvalue weighted by atomic mass is 16.3. The molecule has 0 saturated carbocycles. The molecule has 0 aromatic carbocycles. The Morgan fingerprint density at radius 1 is 1.22 bits per heavy atom. The van der Waals surface area contributed by atoms with Gasteiger partial charge < -0.3 is 24.3 Å². The minimum atomic E-state index is 0.656. The number of hydrogen-bond donors (Lipinski definition) is 2. The van der Waals surface area contributed by atoms with Crippen LogP contribution < -0.4 is 10.2 Å². The van der Waals surface area contributed by atoms with E-state index in [0.29, 0.717) is 11.4 Å². The molecular formula is C15H20N6O2. The number of fused-ring (bicyclic) bond motifs is 1. The van der Waals surface area contributed by atoms with Crippen LogP contribution in [0.1, 0.15) is 12.8 Å². The summed E-state index contributed by atoms with van der Waals surface area (Å²) in [6.45, 7) is 2.01. The number of aliphatic hydroxyl groups is 1. The van der Waals surface area contributed by atoms with Crippen molar-refractivity contribution in [3.05, 3.63) is 24.9 Å². The zero-order valence-corrected chi connectivity index (χ0v) is 13.2. The largest absolute Gasteiger partial charge is 0.459 e. The smallest absolute Gasteiger partial charge is 0.228 e. The van der Waals surface area contributed by atoms with Crippen molar-refractivity contribution < 1.29 is 9.52 Å². The van der Waals surface area contributed by atoms with Crippen molar-refractivity contribution in [1.29, 1.82) is 0 Å². The van der Waals surface area contributed by atoms with Crippen LogP contribution in [0.15, 0.2) is 29.3 Å². The second-order valence-electron chi connectivity index (χ2n) is 5.25. The van der Waals surface area contributed by atoms with Gasteiger partial charge in [-0.2, -0.15) is 4.98 Å². The topological polar surface area (TPSA) is 92.2 Å². The third kappa shape index (κ3) is 3.11. The van der Waals surface area contributed by atoms with Crippen LogP contribution in [-0.2, 0) is 7.05 Å². The van der Waals surface area contributed by atoms with E-state index < -0.39 is 0 Å². The van der Waals surface area contributed by atoms with Crippen LogP contribution in [0.5, 0.6) is 0 Å². The van der Waals surface area contributed by atoms with Crippen molar-refractivity contribution >= 4 is 28.7 Å². The number of aryl methyl sites for hydroxylation is 1. The van der Waals surface area contributed by atoms with E-state index in [9.17, 15) is 0 Å². The van der Waals surface area contributed by atoms with Crippen LogP contribution in [0.25, 0.3) is 11.1 Å². The van der Waals surface area contributed by atoms with Crippen molar-refractivity contribution in [3.8, 4) is 0 Å². The quantitative estimate of drug-likeness (QED) is 0.762. The standard InChI is InChI=1S/C14H16N6O.CH4O/c1-19-8-11(15-9-19)17-13-12-10(4-7-21-12)16-14(18-13)20-5-2-3-6-20;1-2/h4,7-9H,2-3,5-6H2,1H3,(H,16,17,18);2H,1H3. The normalized spacial score (nSPS) is 14.0. The van der Waals surface area contributed by atoms with Crippen molar-refractivity contribution in [2.24, 2.45) is 7.05 Å². The van der Waals surface area contributed by atoms with E-state index in [2.05, 4.69) is 25.2 Å². The first-order chi connectivity index (χ1) is 11.3. The summed E-state index contributed by atoms with van der Waals surface area (Å²) in [5.74, 6) is 2.15. The number of rotatable bonds is 3. The summed E-state index contributed by atoms with van der Waals surface area (Å²) in [6, 6.07) is 1.86. The Bertz CT molecular complexity index is 775. The molecule has 3 aromatic rings. The molecule has 0 amide bonds. The summed E-state index contributed by atoms with van der Waals surface area (Å²) in [6.07, 6.45) is 7.65. The summed E-state index contributed by atoms with van der Waals surface area (Å²) in [5.41, 5.74) is 1.47. The van der Waals surface area contributed by atoms with Crippen LogP contribution in [-0.4, -0.2) is 44.8 Å². The average Bonchev–Trinajstić information content (AvgIpc) is 3.30. The molecule has 23 heavy (non-hydrogen) atoms. The van der Waals surface area contributed by atoms with Crippen LogP contribution in [0.3, 0.4) is 0 Å². The molecule has 0 unspecified atom stereocenters. The van der Waals surface area contributed by atoms with Gasteiger partial charge in [-0.3, -0.25) is 0 Å². The van der Waals surface area contributed by atoms with E-state index >= 15 is 0 Å². The van der Waals surface area contributed by atoms with E-state index in [1.807, 2.05) is 23.9 Å². The van der Waals surface area contributed by atoms with E-state index in [-0.39, 0.29) is 0 Å². The molecule has 1 aliphatic rings. The number of imidazole rings is 1. The predicted molar refractivity (Wildman–Crippen MR) is 87.9 cm³/mol. The Balaban J connectivity index is 0.000000753. The highest BCUT2D eigenvalue weighted by Gasteiger charge is 2.19. The van der Waals surface area contributed by atoms with Gasteiger partial charge in [0, 0.05) is 39.5 Å². The van der Waals surface area contributed by atoms with Crippen LogP contribution in [0, 0.1) is 0 Å². The predicted octanol–water partition coefficient (Wildman–Crippen LogP) is 1.91. The molecule has 4 rings (SSSR count). The fraction of sp³-hybridized carbons (Fsp3) is 0.400. The summed E-state index contributed by atoms with van der Waals surface area (Å²) in [5, 5.41) is 10.2. The molecule has 1 fully saturated rings. The summed E-state index contributed by atoms with van der Waals surface area (Å²) in [7, 11) is 2.93. The minimum absolute atomic E-state index is 0.656. The lowest BCUT2D eigenvalue weighted by molar-refractivity contribution is 0.399. The van der Waals surface area contributed by atoms with Crippen LogP contribution in [0.2, 0.25) is 0 Å². The fourth-order valence-electron chi connectivity index (χ4n) is 2.59. The first-order valence-corrected chi connectivity index (χ1v) is 7.49. The van der Waals surface area contributed by atoms with E-state index in [0.717, 1.165) is 37.5 Å². The van der Waals surface area contributed by atoms with Gasteiger partial charge in [-0.05, 0) is 12.8 Å². The first-order valence-electron chi connectivity index (χ1n) is 7.49.